The monoisotopic (exact) mass is 462 g/mol. The molecule has 5 nitrogen and oxygen atoms in total. The zero-order valence-electron chi connectivity index (χ0n) is 19.5. The fourth-order valence-corrected chi connectivity index (χ4v) is 4.57. The summed E-state index contributed by atoms with van der Waals surface area (Å²) in [5.74, 6) is 1.22. The van der Waals surface area contributed by atoms with Crippen molar-refractivity contribution in [3.05, 3.63) is 90.3 Å². The summed E-state index contributed by atoms with van der Waals surface area (Å²) in [6, 6.07) is 19.9. The van der Waals surface area contributed by atoms with Crippen LogP contribution in [0.15, 0.2) is 78.5 Å². The predicted molar refractivity (Wildman–Crippen MR) is 136 cm³/mol. The third-order valence-electron chi connectivity index (χ3n) is 5.51. The molecule has 0 aliphatic heterocycles. The number of amides is 1. The molecule has 0 aliphatic rings. The van der Waals surface area contributed by atoms with Crippen LogP contribution in [0.1, 0.15) is 62.0 Å². The molecule has 0 saturated carbocycles. The average molecular weight is 463 g/mol. The molecule has 0 unspecified atom stereocenters. The molecule has 0 bridgehead atoms. The van der Waals surface area contributed by atoms with Gasteiger partial charge in [-0.15, -0.1) is 16.8 Å². The van der Waals surface area contributed by atoms with E-state index in [-0.39, 0.29) is 17.7 Å². The van der Waals surface area contributed by atoms with Crippen molar-refractivity contribution in [2.45, 2.75) is 63.2 Å². The summed E-state index contributed by atoms with van der Waals surface area (Å²) >= 11 is 1.43. The molecule has 1 amide bonds. The normalized spacial score (nSPS) is 11.0. The van der Waals surface area contributed by atoms with Crippen LogP contribution in [-0.4, -0.2) is 26.4 Å². The van der Waals surface area contributed by atoms with Crippen molar-refractivity contribution < 1.29 is 4.79 Å². The van der Waals surface area contributed by atoms with Gasteiger partial charge in [-0.05, 0) is 17.5 Å². The van der Waals surface area contributed by atoms with Crippen molar-refractivity contribution in [3.8, 4) is 0 Å². The van der Waals surface area contributed by atoms with E-state index in [1.165, 1.54) is 37.4 Å². The first-order valence-electron chi connectivity index (χ1n) is 11.8. The number of hydrogen-bond acceptors (Lipinski definition) is 4. The van der Waals surface area contributed by atoms with E-state index >= 15 is 0 Å². The number of aryl methyl sites for hydroxylation is 1. The largest absolute Gasteiger partial charge is 0.344 e. The Morgan fingerprint density at radius 3 is 2.24 bits per heavy atom. The molecule has 1 N–H and O–H groups in total. The third-order valence-corrected chi connectivity index (χ3v) is 6.48. The van der Waals surface area contributed by atoms with Crippen LogP contribution < -0.4 is 5.32 Å². The van der Waals surface area contributed by atoms with Crippen molar-refractivity contribution >= 4 is 17.7 Å². The summed E-state index contributed by atoms with van der Waals surface area (Å²) in [4.78, 5) is 12.9. The zero-order chi connectivity index (χ0) is 23.3. The molecule has 6 heteroatoms. The number of allylic oxidation sites excluding steroid dienone is 1. The van der Waals surface area contributed by atoms with E-state index in [4.69, 9.17) is 0 Å². The van der Waals surface area contributed by atoms with E-state index in [9.17, 15) is 4.79 Å². The van der Waals surface area contributed by atoms with E-state index in [0.29, 0.717) is 6.54 Å². The molecule has 0 atom stereocenters. The van der Waals surface area contributed by atoms with Crippen LogP contribution in [0, 0.1) is 0 Å². The lowest BCUT2D eigenvalue weighted by atomic mass is 9.99. The molecule has 3 aromatic rings. The van der Waals surface area contributed by atoms with Gasteiger partial charge in [0.1, 0.15) is 5.82 Å². The molecule has 1 aromatic heterocycles. The molecule has 0 aliphatic carbocycles. The van der Waals surface area contributed by atoms with Gasteiger partial charge in [-0.3, -0.25) is 4.79 Å². The highest BCUT2D eigenvalue weighted by molar-refractivity contribution is 7.99. The van der Waals surface area contributed by atoms with Crippen LogP contribution in [0.3, 0.4) is 0 Å². The van der Waals surface area contributed by atoms with Gasteiger partial charge in [0.05, 0.1) is 11.8 Å². The highest BCUT2D eigenvalue weighted by Gasteiger charge is 2.18. The van der Waals surface area contributed by atoms with Crippen molar-refractivity contribution in [3.63, 3.8) is 0 Å². The van der Waals surface area contributed by atoms with Gasteiger partial charge >= 0.3 is 0 Å². The number of benzene rings is 2. The SMILES string of the molecule is C=CCn1c(CCCCCCC)nnc1SCC(=O)NC(c1ccccc1)c1ccccc1. The van der Waals surface area contributed by atoms with E-state index in [1.807, 2.05) is 66.7 Å². The molecular formula is C27H34N4OS. The Hall–Kier alpha value is -2.86. The zero-order valence-corrected chi connectivity index (χ0v) is 20.3. The Kier molecular flexibility index (Phi) is 10.2. The molecule has 0 radical (unpaired) electrons. The highest BCUT2D eigenvalue weighted by Crippen LogP contribution is 2.23. The van der Waals surface area contributed by atoms with Crippen LogP contribution in [0.4, 0.5) is 0 Å². The van der Waals surface area contributed by atoms with Gasteiger partial charge in [0.2, 0.25) is 5.91 Å². The number of hydrogen-bond donors (Lipinski definition) is 1. The standard InChI is InChI=1S/C27H34N4OS/c1-3-5-6-7-14-19-24-29-30-27(31(24)20-4-2)33-21-25(32)28-26(22-15-10-8-11-16-22)23-17-12-9-13-18-23/h4,8-13,15-18,26H,2-3,5-7,14,19-21H2,1H3,(H,28,32). The quantitative estimate of drug-likeness (QED) is 0.182. The highest BCUT2D eigenvalue weighted by atomic mass is 32.2. The van der Waals surface area contributed by atoms with Gasteiger partial charge in [0.25, 0.3) is 0 Å². The van der Waals surface area contributed by atoms with Gasteiger partial charge in [0, 0.05) is 13.0 Å². The molecule has 3 rings (SSSR count). The number of nitrogens with one attached hydrogen (secondary N) is 1. The smallest absolute Gasteiger partial charge is 0.231 e. The number of nitrogens with zero attached hydrogens (tertiary/aromatic N) is 3. The van der Waals surface area contributed by atoms with Crippen molar-refractivity contribution in [2.75, 3.05) is 5.75 Å². The first-order valence-corrected chi connectivity index (χ1v) is 12.8. The van der Waals surface area contributed by atoms with Crippen LogP contribution >= 0.6 is 11.8 Å². The van der Waals surface area contributed by atoms with Gasteiger partial charge in [-0.2, -0.15) is 0 Å². The third kappa shape index (κ3) is 7.60. The Balaban J connectivity index is 1.62. The summed E-state index contributed by atoms with van der Waals surface area (Å²) in [6.07, 6.45) is 8.86. The van der Waals surface area contributed by atoms with E-state index in [0.717, 1.165) is 34.9 Å². The van der Waals surface area contributed by atoms with Crippen molar-refractivity contribution in [1.29, 1.82) is 0 Å². The molecule has 2 aromatic carbocycles. The maximum Gasteiger partial charge on any atom is 0.231 e. The molecule has 0 saturated heterocycles. The minimum atomic E-state index is -0.190. The van der Waals surface area contributed by atoms with Crippen molar-refractivity contribution in [1.82, 2.24) is 20.1 Å². The summed E-state index contributed by atoms with van der Waals surface area (Å²) < 4.78 is 2.08. The number of unbranched alkanes of at least 4 members (excludes halogenated alkanes) is 4. The van der Waals surface area contributed by atoms with Crippen LogP contribution in [0.2, 0.25) is 0 Å². The summed E-state index contributed by atoms with van der Waals surface area (Å²) in [6.45, 7) is 6.75. The Labute approximate surface area is 201 Å². The second kappa shape index (κ2) is 13.6. The molecule has 0 fully saturated rings. The second-order valence-corrected chi connectivity index (χ2v) is 9.02. The Morgan fingerprint density at radius 2 is 1.64 bits per heavy atom. The van der Waals surface area contributed by atoms with Crippen LogP contribution in [-0.2, 0) is 17.8 Å². The number of carbonyl (C=O) groups is 1. The van der Waals surface area contributed by atoms with E-state index in [2.05, 4.69) is 33.6 Å². The lowest BCUT2D eigenvalue weighted by Crippen LogP contribution is -2.30. The molecule has 33 heavy (non-hydrogen) atoms. The maximum atomic E-state index is 12.9. The molecular weight excluding hydrogens is 428 g/mol. The fraction of sp³-hybridized carbons (Fsp3) is 0.370. The first-order chi connectivity index (χ1) is 16.2. The second-order valence-electron chi connectivity index (χ2n) is 8.07. The Morgan fingerprint density at radius 1 is 1.00 bits per heavy atom. The number of aromatic nitrogens is 3. The van der Waals surface area contributed by atoms with E-state index in [1.54, 1.807) is 0 Å². The van der Waals surface area contributed by atoms with Gasteiger partial charge in [-0.1, -0.05) is 111 Å². The summed E-state index contributed by atoms with van der Waals surface area (Å²) in [5.41, 5.74) is 2.12. The predicted octanol–water partition coefficient (Wildman–Crippen LogP) is 5.97. The van der Waals surface area contributed by atoms with Gasteiger partial charge < -0.3 is 9.88 Å². The number of rotatable bonds is 14. The van der Waals surface area contributed by atoms with Crippen LogP contribution in [0.5, 0.6) is 0 Å². The minimum absolute atomic E-state index is 0.0352. The molecule has 174 valence electrons. The number of carbonyl (C=O) groups excluding carboxylic acids is 1. The van der Waals surface area contributed by atoms with Crippen LogP contribution in [0.25, 0.3) is 0 Å². The Bertz CT molecular complexity index is 948. The summed E-state index contributed by atoms with van der Waals surface area (Å²) in [7, 11) is 0. The minimum Gasteiger partial charge on any atom is -0.344 e. The topological polar surface area (TPSA) is 59.8 Å². The lowest BCUT2D eigenvalue weighted by Gasteiger charge is -2.20. The fourth-order valence-electron chi connectivity index (χ4n) is 3.79. The first kappa shape index (κ1) is 24.8. The number of thioether (sulfide) groups is 1. The van der Waals surface area contributed by atoms with Gasteiger partial charge in [-0.25, -0.2) is 0 Å². The average Bonchev–Trinajstić information content (AvgIpc) is 3.24. The van der Waals surface area contributed by atoms with E-state index < -0.39 is 0 Å². The van der Waals surface area contributed by atoms with Crippen molar-refractivity contribution in [2.24, 2.45) is 0 Å². The lowest BCUT2D eigenvalue weighted by molar-refractivity contribution is -0.119. The maximum absolute atomic E-state index is 12.9. The van der Waals surface area contributed by atoms with Gasteiger partial charge in [0.15, 0.2) is 5.16 Å². The summed E-state index contributed by atoms with van der Waals surface area (Å²) in [5, 5.41) is 12.7. The molecule has 0 spiro atoms. The molecule has 1 heterocycles.